The number of nitrogens with one attached hydrogen (secondary N) is 1. The van der Waals surface area contributed by atoms with Crippen LogP contribution in [0.3, 0.4) is 0 Å². The third-order valence-corrected chi connectivity index (χ3v) is 4.82. The highest BCUT2D eigenvalue weighted by molar-refractivity contribution is 6.32. The van der Waals surface area contributed by atoms with Crippen LogP contribution in [0.5, 0.6) is 11.5 Å². The zero-order valence-electron chi connectivity index (χ0n) is 15.8. The van der Waals surface area contributed by atoms with Gasteiger partial charge in [0.2, 0.25) is 0 Å². The Bertz CT molecular complexity index is 685. The summed E-state index contributed by atoms with van der Waals surface area (Å²) < 4.78 is 16.2. The SMILES string of the molecule is COc1cc(C(=O)NC2(C(=O)O)CCOCC2)cc(Cl)c1OCCC(C)C. The van der Waals surface area contributed by atoms with E-state index in [0.29, 0.717) is 24.0 Å². The largest absolute Gasteiger partial charge is 0.493 e. The summed E-state index contributed by atoms with van der Waals surface area (Å²) in [4.78, 5) is 24.4. The van der Waals surface area contributed by atoms with Gasteiger partial charge in [-0.05, 0) is 24.5 Å². The van der Waals surface area contributed by atoms with Gasteiger partial charge in [-0.2, -0.15) is 0 Å². The van der Waals surface area contributed by atoms with Gasteiger partial charge in [-0.25, -0.2) is 4.79 Å². The number of benzene rings is 1. The average Bonchev–Trinajstić information content (AvgIpc) is 2.63. The van der Waals surface area contributed by atoms with Gasteiger partial charge in [-0.3, -0.25) is 4.79 Å². The van der Waals surface area contributed by atoms with E-state index in [1.807, 2.05) is 0 Å². The number of carbonyl (C=O) groups excluding carboxylic acids is 1. The molecule has 0 radical (unpaired) electrons. The second kappa shape index (κ2) is 9.28. The number of ether oxygens (including phenoxy) is 3. The van der Waals surface area contributed by atoms with E-state index in [0.717, 1.165) is 6.42 Å². The molecular weight excluding hydrogens is 374 g/mol. The summed E-state index contributed by atoms with van der Waals surface area (Å²) in [5.41, 5.74) is -1.14. The van der Waals surface area contributed by atoms with Gasteiger partial charge in [0.25, 0.3) is 5.91 Å². The van der Waals surface area contributed by atoms with Crippen molar-refractivity contribution in [2.24, 2.45) is 5.92 Å². The lowest BCUT2D eigenvalue weighted by atomic mass is 9.89. The zero-order valence-corrected chi connectivity index (χ0v) is 16.6. The molecule has 1 fully saturated rings. The predicted octanol–water partition coefficient (Wildman–Crippen LogP) is 3.14. The summed E-state index contributed by atoms with van der Waals surface area (Å²) in [7, 11) is 1.46. The molecular formula is C19H26ClNO6. The number of hydrogen-bond donors (Lipinski definition) is 2. The fourth-order valence-electron chi connectivity index (χ4n) is 2.79. The molecule has 2 rings (SSSR count). The number of rotatable bonds is 8. The number of carboxylic acid groups (broad SMARTS) is 1. The topological polar surface area (TPSA) is 94.1 Å². The summed E-state index contributed by atoms with van der Waals surface area (Å²) in [6.45, 7) is 5.20. The molecule has 1 saturated heterocycles. The molecule has 0 bridgehead atoms. The maximum atomic E-state index is 12.7. The van der Waals surface area contributed by atoms with E-state index < -0.39 is 17.4 Å². The first-order valence-corrected chi connectivity index (χ1v) is 9.31. The fourth-order valence-corrected chi connectivity index (χ4v) is 3.05. The fraction of sp³-hybridized carbons (Fsp3) is 0.579. The first kappa shape index (κ1) is 21.3. The van der Waals surface area contributed by atoms with Crippen LogP contribution < -0.4 is 14.8 Å². The molecule has 7 nitrogen and oxygen atoms in total. The molecule has 0 atom stereocenters. The van der Waals surface area contributed by atoms with Crippen LogP contribution in [0, 0.1) is 5.92 Å². The predicted molar refractivity (Wildman–Crippen MR) is 101 cm³/mol. The Morgan fingerprint density at radius 1 is 1.33 bits per heavy atom. The number of hydrogen-bond acceptors (Lipinski definition) is 5. The molecule has 0 aliphatic carbocycles. The lowest BCUT2D eigenvalue weighted by molar-refractivity contribution is -0.148. The minimum Gasteiger partial charge on any atom is -0.493 e. The smallest absolute Gasteiger partial charge is 0.329 e. The molecule has 0 saturated carbocycles. The van der Waals surface area contributed by atoms with E-state index >= 15 is 0 Å². The van der Waals surface area contributed by atoms with Crippen LogP contribution in [0.1, 0.15) is 43.5 Å². The molecule has 1 aromatic rings. The van der Waals surface area contributed by atoms with Crippen LogP contribution in [0.4, 0.5) is 0 Å². The normalized spacial score (nSPS) is 16.0. The highest BCUT2D eigenvalue weighted by Crippen LogP contribution is 2.37. The van der Waals surface area contributed by atoms with Gasteiger partial charge in [0.1, 0.15) is 5.54 Å². The van der Waals surface area contributed by atoms with E-state index in [1.165, 1.54) is 19.2 Å². The number of methoxy groups -OCH3 is 1. The van der Waals surface area contributed by atoms with Crippen molar-refractivity contribution in [1.29, 1.82) is 0 Å². The molecule has 0 unspecified atom stereocenters. The van der Waals surface area contributed by atoms with Crippen molar-refractivity contribution in [3.8, 4) is 11.5 Å². The zero-order chi connectivity index (χ0) is 20.0. The van der Waals surface area contributed by atoms with Crippen LogP contribution in [0.15, 0.2) is 12.1 Å². The first-order valence-electron chi connectivity index (χ1n) is 8.93. The van der Waals surface area contributed by atoms with Crippen molar-refractivity contribution in [3.05, 3.63) is 22.7 Å². The lowest BCUT2D eigenvalue weighted by Crippen LogP contribution is -2.57. The minimum absolute atomic E-state index is 0.204. The molecule has 150 valence electrons. The first-order chi connectivity index (χ1) is 12.8. The molecule has 1 heterocycles. The minimum atomic E-state index is -1.35. The van der Waals surface area contributed by atoms with E-state index in [-0.39, 0.29) is 36.6 Å². The Balaban J connectivity index is 2.21. The van der Waals surface area contributed by atoms with Crippen LogP contribution in [-0.2, 0) is 9.53 Å². The summed E-state index contributed by atoms with van der Waals surface area (Å²) in [6.07, 6.45) is 1.26. The molecule has 1 aromatic carbocycles. The highest BCUT2D eigenvalue weighted by atomic mass is 35.5. The Morgan fingerprint density at radius 2 is 2.00 bits per heavy atom. The van der Waals surface area contributed by atoms with E-state index in [2.05, 4.69) is 19.2 Å². The highest BCUT2D eigenvalue weighted by Gasteiger charge is 2.41. The van der Waals surface area contributed by atoms with Gasteiger partial charge in [0.15, 0.2) is 11.5 Å². The van der Waals surface area contributed by atoms with Gasteiger partial charge in [-0.1, -0.05) is 25.4 Å². The van der Waals surface area contributed by atoms with Crippen LogP contribution in [-0.4, -0.2) is 49.5 Å². The molecule has 0 aromatic heterocycles. The number of amides is 1. The second-order valence-corrected chi connectivity index (χ2v) is 7.38. The number of carboxylic acids is 1. The molecule has 27 heavy (non-hydrogen) atoms. The monoisotopic (exact) mass is 399 g/mol. The van der Waals surface area contributed by atoms with Gasteiger partial charge in [0, 0.05) is 31.6 Å². The number of aliphatic carboxylic acids is 1. The molecule has 0 spiro atoms. The number of halogens is 1. The summed E-state index contributed by atoms with van der Waals surface area (Å²) in [5, 5.41) is 12.5. The van der Waals surface area contributed by atoms with Crippen LogP contribution in [0.2, 0.25) is 5.02 Å². The standard InChI is InChI=1S/C19H26ClNO6/c1-12(2)4-7-27-16-14(20)10-13(11-15(16)25-3)17(22)21-19(18(23)24)5-8-26-9-6-19/h10-12H,4-9H2,1-3H3,(H,21,22)(H,23,24). The van der Waals surface area contributed by atoms with Crippen molar-refractivity contribution >= 4 is 23.5 Å². The summed E-state index contributed by atoms with van der Waals surface area (Å²) >= 11 is 6.29. The van der Waals surface area contributed by atoms with Gasteiger partial charge in [0.05, 0.1) is 18.7 Å². The number of carbonyl (C=O) groups is 2. The quantitative estimate of drug-likeness (QED) is 0.697. The Hall–Kier alpha value is -1.99. The molecule has 2 N–H and O–H groups in total. The van der Waals surface area contributed by atoms with Crippen LogP contribution in [0.25, 0.3) is 0 Å². The van der Waals surface area contributed by atoms with Crippen molar-refractivity contribution < 1.29 is 28.9 Å². The molecule has 1 aliphatic heterocycles. The maximum absolute atomic E-state index is 12.7. The van der Waals surface area contributed by atoms with Crippen molar-refractivity contribution in [2.45, 2.75) is 38.6 Å². The van der Waals surface area contributed by atoms with Crippen LogP contribution >= 0.6 is 11.6 Å². The van der Waals surface area contributed by atoms with Gasteiger partial charge in [-0.15, -0.1) is 0 Å². The summed E-state index contributed by atoms with van der Waals surface area (Å²) in [6, 6.07) is 2.96. The van der Waals surface area contributed by atoms with Gasteiger partial charge < -0.3 is 24.6 Å². The van der Waals surface area contributed by atoms with E-state index in [9.17, 15) is 14.7 Å². The van der Waals surface area contributed by atoms with Crippen molar-refractivity contribution in [3.63, 3.8) is 0 Å². The Labute approximate surface area is 163 Å². The molecule has 1 aliphatic rings. The van der Waals surface area contributed by atoms with E-state index in [1.54, 1.807) is 0 Å². The summed E-state index contributed by atoms with van der Waals surface area (Å²) in [5.74, 6) is -0.436. The van der Waals surface area contributed by atoms with Crippen molar-refractivity contribution in [1.82, 2.24) is 5.32 Å². The van der Waals surface area contributed by atoms with E-state index in [4.69, 9.17) is 25.8 Å². The Morgan fingerprint density at radius 3 is 2.56 bits per heavy atom. The average molecular weight is 400 g/mol. The maximum Gasteiger partial charge on any atom is 0.329 e. The third kappa shape index (κ3) is 5.26. The molecule has 8 heteroatoms. The van der Waals surface area contributed by atoms with Gasteiger partial charge >= 0.3 is 5.97 Å². The Kier molecular flexibility index (Phi) is 7.33. The second-order valence-electron chi connectivity index (χ2n) is 6.97. The lowest BCUT2D eigenvalue weighted by Gasteiger charge is -2.33. The third-order valence-electron chi connectivity index (χ3n) is 4.54. The molecule has 1 amide bonds. The van der Waals surface area contributed by atoms with Crippen molar-refractivity contribution in [2.75, 3.05) is 26.9 Å².